The second-order valence-corrected chi connectivity index (χ2v) is 8.13. The first-order valence-corrected chi connectivity index (χ1v) is 10.5. The molecule has 0 bridgehead atoms. The zero-order chi connectivity index (χ0) is 20.7. The molecule has 0 aromatic heterocycles. The number of hydrogen-bond donors (Lipinski definition) is 2. The first kappa shape index (κ1) is 20.6. The maximum absolute atomic E-state index is 12.3. The van der Waals surface area contributed by atoms with Gasteiger partial charge in [-0.1, -0.05) is 42.5 Å². The Morgan fingerprint density at radius 3 is 2.03 bits per heavy atom. The topological polar surface area (TPSA) is 84.5 Å². The van der Waals surface area contributed by atoms with Crippen LogP contribution in [-0.2, 0) is 23.1 Å². The Morgan fingerprint density at radius 1 is 0.828 bits per heavy atom. The van der Waals surface area contributed by atoms with Gasteiger partial charge in [0.25, 0.3) is 5.91 Å². The molecule has 0 atom stereocenters. The number of carbonyl (C=O) groups excluding carboxylic acids is 1. The van der Waals surface area contributed by atoms with Crippen LogP contribution in [0.15, 0.2) is 83.8 Å². The summed E-state index contributed by atoms with van der Waals surface area (Å²) in [5.41, 5.74) is 2.23. The summed E-state index contributed by atoms with van der Waals surface area (Å²) in [5, 5.41) is 2.86. The highest BCUT2D eigenvalue weighted by Gasteiger charge is 2.13. The van der Waals surface area contributed by atoms with E-state index in [1.807, 2.05) is 24.3 Å². The van der Waals surface area contributed by atoms with Crippen molar-refractivity contribution in [3.05, 3.63) is 95.6 Å². The first-order valence-electron chi connectivity index (χ1n) is 9.03. The Kier molecular flexibility index (Phi) is 6.64. The average Bonchev–Trinajstić information content (AvgIpc) is 2.77. The summed E-state index contributed by atoms with van der Waals surface area (Å²) in [6.45, 7) is 0.548. The standard InChI is InChI=1S/C22H22N2O4S/c1-28-20-13-9-17(10-14-20)15-23-22(25)19-11-7-18(8-12-19)16-24-29(26,27)21-5-3-2-4-6-21/h2-14,24H,15-16H2,1H3,(H,23,25). The molecular weight excluding hydrogens is 388 g/mol. The number of hydrogen-bond acceptors (Lipinski definition) is 4. The highest BCUT2D eigenvalue weighted by Crippen LogP contribution is 2.12. The minimum absolute atomic E-state index is 0.144. The van der Waals surface area contributed by atoms with Crippen LogP contribution in [0.2, 0.25) is 0 Å². The SMILES string of the molecule is COc1ccc(CNC(=O)c2ccc(CNS(=O)(=O)c3ccccc3)cc2)cc1. The number of sulfonamides is 1. The molecule has 0 radical (unpaired) electrons. The molecule has 6 nitrogen and oxygen atoms in total. The molecule has 0 aliphatic rings. The third-order valence-electron chi connectivity index (χ3n) is 4.35. The second kappa shape index (κ2) is 9.36. The van der Waals surface area contributed by atoms with Gasteiger partial charge in [-0.3, -0.25) is 4.79 Å². The first-order chi connectivity index (χ1) is 14.0. The van der Waals surface area contributed by atoms with Crippen LogP contribution >= 0.6 is 0 Å². The molecule has 0 unspecified atom stereocenters. The highest BCUT2D eigenvalue weighted by atomic mass is 32.2. The van der Waals surface area contributed by atoms with Crippen molar-refractivity contribution < 1.29 is 17.9 Å². The third-order valence-corrected chi connectivity index (χ3v) is 5.77. The average molecular weight is 410 g/mol. The van der Waals surface area contributed by atoms with Gasteiger partial charge in [0.2, 0.25) is 10.0 Å². The lowest BCUT2D eigenvalue weighted by Gasteiger charge is -2.09. The van der Waals surface area contributed by atoms with E-state index in [2.05, 4.69) is 10.0 Å². The van der Waals surface area contributed by atoms with Crippen molar-refractivity contribution in [1.82, 2.24) is 10.0 Å². The third kappa shape index (κ3) is 5.66. The fourth-order valence-electron chi connectivity index (χ4n) is 2.66. The predicted molar refractivity (Wildman–Crippen MR) is 111 cm³/mol. The van der Waals surface area contributed by atoms with Crippen molar-refractivity contribution >= 4 is 15.9 Å². The molecule has 150 valence electrons. The molecule has 2 N–H and O–H groups in total. The second-order valence-electron chi connectivity index (χ2n) is 6.37. The lowest BCUT2D eigenvalue weighted by atomic mass is 10.1. The van der Waals surface area contributed by atoms with Crippen LogP contribution < -0.4 is 14.8 Å². The Balaban J connectivity index is 1.54. The number of ether oxygens (including phenoxy) is 1. The van der Waals surface area contributed by atoms with Gasteiger partial charge in [-0.05, 0) is 47.5 Å². The molecule has 3 rings (SSSR count). The molecule has 29 heavy (non-hydrogen) atoms. The van der Waals surface area contributed by atoms with Crippen LogP contribution in [0.25, 0.3) is 0 Å². The lowest BCUT2D eigenvalue weighted by molar-refractivity contribution is 0.0951. The van der Waals surface area contributed by atoms with E-state index in [1.165, 1.54) is 0 Å². The van der Waals surface area contributed by atoms with Gasteiger partial charge in [-0.2, -0.15) is 0 Å². The Labute approximate surface area is 170 Å². The molecule has 3 aromatic rings. The van der Waals surface area contributed by atoms with Gasteiger partial charge in [-0.15, -0.1) is 0 Å². The molecule has 0 spiro atoms. The number of nitrogens with one attached hydrogen (secondary N) is 2. The van der Waals surface area contributed by atoms with E-state index < -0.39 is 10.0 Å². The van der Waals surface area contributed by atoms with Crippen LogP contribution in [0.4, 0.5) is 0 Å². The number of rotatable bonds is 8. The predicted octanol–water partition coefficient (Wildman–Crippen LogP) is 3.10. The van der Waals surface area contributed by atoms with Crippen molar-refractivity contribution in [2.45, 2.75) is 18.0 Å². The summed E-state index contributed by atoms with van der Waals surface area (Å²) < 4.78 is 32.2. The number of carbonyl (C=O) groups is 1. The Bertz CT molecular complexity index is 1050. The highest BCUT2D eigenvalue weighted by molar-refractivity contribution is 7.89. The molecule has 7 heteroatoms. The molecular formula is C22H22N2O4S. The fraction of sp³-hybridized carbons (Fsp3) is 0.136. The smallest absolute Gasteiger partial charge is 0.251 e. The lowest BCUT2D eigenvalue weighted by Crippen LogP contribution is -2.24. The van der Waals surface area contributed by atoms with Crippen molar-refractivity contribution in [3.63, 3.8) is 0 Å². The molecule has 0 heterocycles. The molecule has 0 saturated carbocycles. The van der Waals surface area contributed by atoms with E-state index in [0.717, 1.165) is 16.9 Å². The number of methoxy groups -OCH3 is 1. The largest absolute Gasteiger partial charge is 0.497 e. The van der Waals surface area contributed by atoms with E-state index in [9.17, 15) is 13.2 Å². The summed E-state index contributed by atoms with van der Waals surface area (Å²) in [6.07, 6.45) is 0. The maximum Gasteiger partial charge on any atom is 0.251 e. The normalized spacial score (nSPS) is 11.1. The summed E-state index contributed by atoms with van der Waals surface area (Å²) in [6, 6.07) is 22.5. The van der Waals surface area contributed by atoms with Gasteiger partial charge in [0.05, 0.1) is 12.0 Å². The molecule has 0 aliphatic heterocycles. The van der Waals surface area contributed by atoms with E-state index in [0.29, 0.717) is 12.1 Å². The van der Waals surface area contributed by atoms with Gasteiger partial charge >= 0.3 is 0 Å². The molecule has 0 saturated heterocycles. The van der Waals surface area contributed by atoms with Gasteiger partial charge in [0.15, 0.2) is 0 Å². The van der Waals surface area contributed by atoms with Gasteiger partial charge < -0.3 is 10.1 Å². The molecule has 1 amide bonds. The van der Waals surface area contributed by atoms with E-state index in [1.54, 1.807) is 61.7 Å². The van der Waals surface area contributed by atoms with E-state index in [-0.39, 0.29) is 17.3 Å². The van der Waals surface area contributed by atoms with Gasteiger partial charge in [-0.25, -0.2) is 13.1 Å². The van der Waals surface area contributed by atoms with Crippen LogP contribution in [-0.4, -0.2) is 21.4 Å². The summed E-state index contributed by atoms with van der Waals surface area (Å²) >= 11 is 0. The van der Waals surface area contributed by atoms with E-state index >= 15 is 0 Å². The summed E-state index contributed by atoms with van der Waals surface area (Å²) in [4.78, 5) is 12.5. The molecule has 0 fully saturated rings. The maximum atomic E-state index is 12.3. The van der Waals surface area contributed by atoms with Crippen molar-refractivity contribution in [2.24, 2.45) is 0 Å². The minimum atomic E-state index is -3.57. The summed E-state index contributed by atoms with van der Waals surface area (Å²) in [7, 11) is -1.96. The van der Waals surface area contributed by atoms with Crippen LogP contribution in [0.3, 0.4) is 0 Å². The van der Waals surface area contributed by atoms with Crippen LogP contribution in [0.1, 0.15) is 21.5 Å². The van der Waals surface area contributed by atoms with Crippen LogP contribution in [0, 0.1) is 0 Å². The monoisotopic (exact) mass is 410 g/mol. The van der Waals surface area contributed by atoms with Crippen LogP contribution in [0.5, 0.6) is 5.75 Å². The quantitative estimate of drug-likeness (QED) is 0.598. The van der Waals surface area contributed by atoms with Crippen molar-refractivity contribution in [1.29, 1.82) is 0 Å². The summed E-state index contributed by atoms with van der Waals surface area (Å²) in [5.74, 6) is 0.566. The molecule has 3 aromatic carbocycles. The van der Waals surface area contributed by atoms with Crippen molar-refractivity contribution in [2.75, 3.05) is 7.11 Å². The van der Waals surface area contributed by atoms with Crippen molar-refractivity contribution in [3.8, 4) is 5.75 Å². The zero-order valence-electron chi connectivity index (χ0n) is 16.0. The fourth-order valence-corrected chi connectivity index (χ4v) is 3.70. The minimum Gasteiger partial charge on any atom is -0.497 e. The Hall–Kier alpha value is -3.16. The number of amides is 1. The Morgan fingerprint density at radius 2 is 1.41 bits per heavy atom. The zero-order valence-corrected chi connectivity index (χ0v) is 16.8. The van der Waals surface area contributed by atoms with Gasteiger partial charge in [0, 0.05) is 18.7 Å². The van der Waals surface area contributed by atoms with E-state index in [4.69, 9.17) is 4.74 Å². The number of benzene rings is 3. The molecule has 0 aliphatic carbocycles. The van der Waals surface area contributed by atoms with Gasteiger partial charge in [0.1, 0.15) is 5.75 Å².